The first-order chi connectivity index (χ1) is 13.0. The van der Waals surface area contributed by atoms with Gasteiger partial charge in [-0.25, -0.2) is 14.8 Å². The van der Waals surface area contributed by atoms with Crippen LogP contribution in [0.3, 0.4) is 0 Å². The van der Waals surface area contributed by atoms with Crippen LogP contribution < -0.4 is 10.2 Å². The fraction of sp³-hybridized carbons (Fsp3) is 0.400. The number of benzene rings is 1. The van der Waals surface area contributed by atoms with Crippen molar-refractivity contribution in [3.8, 4) is 11.1 Å². The van der Waals surface area contributed by atoms with Crippen molar-refractivity contribution in [3.05, 3.63) is 42.5 Å². The van der Waals surface area contributed by atoms with Gasteiger partial charge in [0.2, 0.25) is 0 Å². The van der Waals surface area contributed by atoms with Crippen molar-refractivity contribution in [1.29, 1.82) is 0 Å². The summed E-state index contributed by atoms with van der Waals surface area (Å²) in [7, 11) is 1.74. The van der Waals surface area contributed by atoms with Gasteiger partial charge in [0.25, 0.3) is 0 Å². The van der Waals surface area contributed by atoms with Gasteiger partial charge in [0, 0.05) is 43.7 Å². The number of aliphatic carboxylic acids is 1. The molecule has 27 heavy (non-hydrogen) atoms. The van der Waals surface area contributed by atoms with Gasteiger partial charge < -0.3 is 10.4 Å². The van der Waals surface area contributed by atoms with Gasteiger partial charge in [-0.3, -0.25) is 9.69 Å². The number of carbonyl (C=O) groups is 2. The van der Waals surface area contributed by atoms with Gasteiger partial charge in [-0.05, 0) is 24.1 Å². The van der Waals surface area contributed by atoms with Crippen molar-refractivity contribution in [1.82, 2.24) is 15.3 Å². The predicted molar refractivity (Wildman–Crippen MR) is 105 cm³/mol. The van der Waals surface area contributed by atoms with Crippen molar-refractivity contribution in [3.63, 3.8) is 0 Å². The Hall–Kier alpha value is -2.96. The molecule has 0 saturated heterocycles. The van der Waals surface area contributed by atoms with Gasteiger partial charge in [-0.2, -0.15) is 0 Å². The third kappa shape index (κ3) is 6.36. The summed E-state index contributed by atoms with van der Waals surface area (Å²) < 4.78 is 0. The van der Waals surface area contributed by atoms with Crippen molar-refractivity contribution in [2.45, 2.75) is 39.0 Å². The Labute approximate surface area is 159 Å². The van der Waals surface area contributed by atoms with Crippen LogP contribution in [-0.4, -0.2) is 40.7 Å². The lowest BCUT2D eigenvalue weighted by molar-refractivity contribution is -0.137. The molecule has 0 aliphatic heterocycles. The second-order valence-electron chi connectivity index (χ2n) is 6.33. The van der Waals surface area contributed by atoms with Crippen molar-refractivity contribution in [2.24, 2.45) is 0 Å². The van der Waals surface area contributed by atoms with E-state index >= 15 is 0 Å². The van der Waals surface area contributed by atoms with Gasteiger partial charge >= 0.3 is 12.0 Å². The summed E-state index contributed by atoms with van der Waals surface area (Å²) in [6, 6.07) is 7.44. The molecule has 0 atom stereocenters. The topological polar surface area (TPSA) is 95.4 Å². The quantitative estimate of drug-likeness (QED) is 0.659. The first-order valence-corrected chi connectivity index (χ1v) is 9.16. The van der Waals surface area contributed by atoms with Crippen LogP contribution in [0.5, 0.6) is 0 Å². The Kier molecular flexibility index (Phi) is 7.73. The first-order valence-electron chi connectivity index (χ1n) is 9.16. The van der Waals surface area contributed by atoms with Gasteiger partial charge in [0.05, 0.1) is 6.42 Å². The second kappa shape index (κ2) is 10.3. The van der Waals surface area contributed by atoms with Crippen LogP contribution in [0.15, 0.2) is 36.7 Å². The molecular formula is C20H26N4O3. The van der Waals surface area contributed by atoms with Crippen LogP contribution >= 0.6 is 0 Å². The lowest BCUT2D eigenvalue weighted by Gasteiger charge is -2.19. The molecular weight excluding hydrogens is 344 g/mol. The minimum atomic E-state index is -0.869. The van der Waals surface area contributed by atoms with Gasteiger partial charge in [0.1, 0.15) is 5.82 Å². The predicted octanol–water partition coefficient (Wildman–Crippen LogP) is 3.50. The van der Waals surface area contributed by atoms with E-state index in [1.807, 2.05) is 24.3 Å². The van der Waals surface area contributed by atoms with E-state index in [2.05, 4.69) is 22.2 Å². The summed E-state index contributed by atoms with van der Waals surface area (Å²) >= 11 is 0. The van der Waals surface area contributed by atoms with Gasteiger partial charge in [-0.15, -0.1) is 0 Å². The van der Waals surface area contributed by atoms with E-state index in [0.29, 0.717) is 18.8 Å². The van der Waals surface area contributed by atoms with Crippen molar-refractivity contribution in [2.75, 3.05) is 18.5 Å². The molecule has 0 aliphatic carbocycles. The number of urea groups is 1. The molecule has 2 N–H and O–H groups in total. The van der Waals surface area contributed by atoms with Gasteiger partial charge in [0.15, 0.2) is 0 Å². The molecule has 0 saturated carbocycles. The highest BCUT2D eigenvalue weighted by molar-refractivity contribution is 5.92. The maximum absolute atomic E-state index is 12.3. The number of carboxylic acids is 1. The molecule has 0 spiro atoms. The van der Waals surface area contributed by atoms with E-state index in [-0.39, 0.29) is 12.5 Å². The fourth-order valence-electron chi connectivity index (χ4n) is 2.55. The normalized spacial score (nSPS) is 10.4. The summed E-state index contributed by atoms with van der Waals surface area (Å²) in [5.74, 6) is -0.368. The number of nitrogens with one attached hydrogen (secondary N) is 1. The van der Waals surface area contributed by atoms with E-state index in [1.54, 1.807) is 24.3 Å². The molecule has 7 nitrogen and oxygen atoms in total. The molecule has 7 heteroatoms. The Balaban J connectivity index is 2.03. The number of aryl methyl sites for hydroxylation is 1. The molecule has 2 aromatic rings. The maximum Gasteiger partial charge on any atom is 0.321 e. The molecule has 0 unspecified atom stereocenters. The van der Waals surface area contributed by atoms with Gasteiger partial charge in [-0.1, -0.05) is 31.9 Å². The average Bonchev–Trinajstić information content (AvgIpc) is 2.69. The van der Waals surface area contributed by atoms with Crippen LogP contribution in [0.2, 0.25) is 0 Å². The van der Waals surface area contributed by atoms with Crippen LogP contribution in [0.1, 0.15) is 38.4 Å². The number of hydrogen-bond acceptors (Lipinski definition) is 4. The lowest BCUT2D eigenvalue weighted by atomic mass is 10.1. The Morgan fingerprint density at radius 2 is 1.89 bits per heavy atom. The fourth-order valence-corrected chi connectivity index (χ4v) is 2.55. The number of amides is 2. The third-order valence-electron chi connectivity index (χ3n) is 4.20. The Bertz CT molecular complexity index is 762. The zero-order valence-corrected chi connectivity index (χ0v) is 15.8. The van der Waals surface area contributed by atoms with E-state index in [1.165, 1.54) is 0 Å². The van der Waals surface area contributed by atoms with Crippen molar-refractivity contribution < 1.29 is 14.7 Å². The smallest absolute Gasteiger partial charge is 0.321 e. The molecule has 144 valence electrons. The minimum absolute atomic E-state index is 0.00694. The monoisotopic (exact) mass is 370 g/mol. The van der Waals surface area contributed by atoms with E-state index in [0.717, 1.165) is 36.1 Å². The second-order valence-corrected chi connectivity index (χ2v) is 6.33. The van der Waals surface area contributed by atoms with Crippen LogP contribution in [-0.2, 0) is 11.2 Å². The number of aromatic nitrogens is 2. The number of rotatable bonds is 9. The molecule has 0 fully saturated rings. The summed E-state index contributed by atoms with van der Waals surface area (Å²) in [4.78, 5) is 32.9. The number of carbonyl (C=O) groups excluding carboxylic acids is 1. The molecule has 0 radical (unpaired) electrons. The number of carboxylic acid groups (broad SMARTS) is 1. The summed E-state index contributed by atoms with van der Waals surface area (Å²) in [6.07, 6.45) is 6.85. The van der Waals surface area contributed by atoms with Crippen LogP contribution in [0.4, 0.5) is 10.5 Å². The SMILES string of the molecule is CCCCCNC(=O)N(C)c1cccc(-c2cnc(CCC(=O)O)nc2)c1. The standard InChI is InChI=1S/C20H26N4O3/c1-3-4-5-11-21-20(27)24(2)17-8-6-7-15(12-17)16-13-22-18(23-14-16)9-10-19(25)26/h6-8,12-14H,3-5,9-11H2,1-2H3,(H,21,27)(H,25,26). The van der Waals surface area contributed by atoms with E-state index in [9.17, 15) is 9.59 Å². The summed E-state index contributed by atoms with van der Waals surface area (Å²) in [5, 5.41) is 11.6. The summed E-state index contributed by atoms with van der Waals surface area (Å²) in [6.45, 7) is 2.80. The Morgan fingerprint density at radius 3 is 2.56 bits per heavy atom. The zero-order chi connectivity index (χ0) is 19.6. The highest BCUT2D eigenvalue weighted by Crippen LogP contribution is 2.23. The van der Waals surface area contributed by atoms with E-state index in [4.69, 9.17) is 5.11 Å². The maximum atomic E-state index is 12.3. The lowest BCUT2D eigenvalue weighted by Crippen LogP contribution is -2.37. The molecule has 0 bridgehead atoms. The number of hydrogen-bond donors (Lipinski definition) is 2. The zero-order valence-electron chi connectivity index (χ0n) is 15.8. The largest absolute Gasteiger partial charge is 0.481 e. The molecule has 2 rings (SSSR count). The highest BCUT2D eigenvalue weighted by Gasteiger charge is 2.11. The molecule has 0 aliphatic rings. The van der Waals surface area contributed by atoms with Crippen LogP contribution in [0, 0.1) is 0 Å². The average molecular weight is 370 g/mol. The van der Waals surface area contributed by atoms with Crippen LogP contribution in [0.25, 0.3) is 11.1 Å². The third-order valence-corrected chi connectivity index (χ3v) is 4.20. The molecule has 1 heterocycles. The molecule has 1 aromatic carbocycles. The summed E-state index contributed by atoms with van der Waals surface area (Å²) in [5.41, 5.74) is 2.48. The van der Waals surface area contributed by atoms with E-state index < -0.39 is 5.97 Å². The molecule has 2 amide bonds. The molecule has 1 aromatic heterocycles. The first kappa shape index (κ1) is 20.4. The number of nitrogens with zero attached hydrogens (tertiary/aromatic N) is 3. The van der Waals surface area contributed by atoms with Crippen molar-refractivity contribution >= 4 is 17.7 Å². The minimum Gasteiger partial charge on any atom is -0.481 e. The Morgan fingerprint density at radius 1 is 1.15 bits per heavy atom. The number of unbranched alkanes of at least 4 members (excludes halogenated alkanes) is 2. The highest BCUT2D eigenvalue weighted by atomic mass is 16.4. The number of anilines is 1.